The van der Waals surface area contributed by atoms with Crippen molar-refractivity contribution in [2.45, 2.75) is 84.7 Å². The molecule has 1 aliphatic rings. The lowest BCUT2D eigenvalue weighted by molar-refractivity contribution is -0.165. The summed E-state index contributed by atoms with van der Waals surface area (Å²) in [5.41, 5.74) is 0. The van der Waals surface area contributed by atoms with Gasteiger partial charge in [-0.3, -0.25) is 9.59 Å². The highest BCUT2D eigenvalue weighted by Gasteiger charge is 2.38. The fraction of sp³-hybridized carbons (Fsp3) is 0.889. The molecule has 1 saturated carbocycles. The maximum atomic E-state index is 12.3. The largest absolute Gasteiger partial charge is 0.465 e. The van der Waals surface area contributed by atoms with E-state index in [0.717, 1.165) is 38.5 Å². The highest BCUT2D eigenvalue weighted by atomic mass is 16.5. The predicted octanol–water partition coefficient (Wildman–Crippen LogP) is 4.26. The van der Waals surface area contributed by atoms with Crippen molar-refractivity contribution in [2.75, 3.05) is 6.61 Å². The van der Waals surface area contributed by atoms with Gasteiger partial charge in [0.2, 0.25) is 0 Å². The number of carbonyl (C=O) groups excluding carboxylic acids is 2. The highest BCUT2D eigenvalue weighted by Crippen LogP contribution is 2.32. The molecule has 2 unspecified atom stereocenters. The van der Waals surface area contributed by atoms with Crippen molar-refractivity contribution in [2.24, 2.45) is 11.8 Å². The lowest BCUT2D eigenvalue weighted by atomic mass is 9.79. The Labute approximate surface area is 134 Å². The Hall–Kier alpha value is -1.06. The number of ether oxygens (including phenoxy) is 2. The second-order valence-electron chi connectivity index (χ2n) is 6.56. The van der Waals surface area contributed by atoms with Gasteiger partial charge in [-0.15, -0.1) is 0 Å². The van der Waals surface area contributed by atoms with Crippen LogP contribution in [0, 0.1) is 11.8 Å². The lowest BCUT2D eigenvalue weighted by Crippen LogP contribution is -2.36. The zero-order chi connectivity index (χ0) is 16.4. The minimum Gasteiger partial charge on any atom is -0.465 e. The molecule has 1 aliphatic carbocycles. The number of rotatable bonds is 9. The molecule has 0 amide bonds. The van der Waals surface area contributed by atoms with E-state index in [-0.39, 0.29) is 29.9 Å². The third kappa shape index (κ3) is 6.80. The van der Waals surface area contributed by atoms with Crippen molar-refractivity contribution in [3.8, 4) is 0 Å². The smallest absolute Gasteiger partial charge is 0.310 e. The number of unbranched alkanes of at least 4 members (excludes halogenated alkanes) is 4. The van der Waals surface area contributed by atoms with Crippen LogP contribution in [0.15, 0.2) is 0 Å². The van der Waals surface area contributed by atoms with Gasteiger partial charge in [-0.05, 0) is 33.1 Å². The van der Waals surface area contributed by atoms with Crippen molar-refractivity contribution in [1.29, 1.82) is 0 Å². The van der Waals surface area contributed by atoms with Gasteiger partial charge in [0.25, 0.3) is 0 Å². The number of hydrogen-bond donors (Lipinski definition) is 0. The average Bonchev–Trinajstić information content (AvgIpc) is 2.50. The topological polar surface area (TPSA) is 52.6 Å². The first-order valence-electron chi connectivity index (χ1n) is 8.93. The standard InChI is InChI=1S/C18H32O4/c1-4-5-6-7-10-13-21-17(19)15-11-8-9-12-16(15)18(20)22-14(2)3/h14-16H,4-13H2,1-3H3. The molecule has 4 nitrogen and oxygen atoms in total. The van der Waals surface area contributed by atoms with Crippen molar-refractivity contribution in [1.82, 2.24) is 0 Å². The fourth-order valence-electron chi connectivity index (χ4n) is 3.00. The molecule has 2 atom stereocenters. The molecule has 0 bridgehead atoms. The molecule has 22 heavy (non-hydrogen) atoms. The summed E-state index contributed by atoms with van der Waals surface area (Å²) >= 11 is 0. The normalized spacial score (nSPS) is 21.6. The van der Waals surface area contributed by atoms with Crippen molar-refractivity contribution >= 4 is 11.9 Å². The van der Waals surface area contributed by atoms with Crippen LogP contribution in [0.25, 0.3) is 0 Å². The van der Waals surface area contributed by atoms with Gasteiger partial charge in [-0.25, -0.2) is 0 Å². The van der Waals surface area contributed by atoms with Gasteiger partial charge in [-0.1, -0.05) is 45.4 Å². The molecule has 1 fully saturated rings. The van der Waals surface area contributed by atoms with Crippen LogP contribution in [0.5, 0.6) is 0 Å². The minimum atomic E-state index is -0.316. The minimum absolute atomic E-state index is 0.135. The summed E-state index contributed by atoms with van der Waals surface area (Å²) in [5, 5.41) is 0. The molecule has 1 rings (SSSR count). The molecular weight excluding hydrogens is 280 g/mol. The Balaban J connectivity index is 2.38. The Morgan fingerprint density at radius 1 is 0.955 bits per heavy atom. The summed E-state index contributed by atoms with van der Waals surface area (Å²) in [6, 6.07) is 0. The number of carbonyl (C=O) groups is 2. The van der Waals surface area contributed by atoms with Gasteiger partial charge in [0.15, 0.2) is 0 Å². The first-order chi connectivity index (χ1) is 10.6. The van der Waals surface area contributed by atoms with E-state index in [1.54, 1.807) is 0 Å². The molecule has 0 spiro atoms. The van der Waals surface area contributed by atoms with E-state index in [1.807, 2.05) is 13.8 Å². The molecular formula is C18H32O4. The summed E-state index contributed by atoms with van der Waals surface area (Å²) < 4.78 is 10.7. The second-order valence-corrected chi connectivity index (χ2v) is 6.56. The van der Waals surface area contributed by atoms with Gasteiger partial charge >= 0.3 is 11.9 Å². The lowest BCUT2D eigenvalue weighted by Gasteiger charge is -2.28. The van der Waals surface area contributed by atoms with E-state index in [4.69, 9.17) is 9.47 Å². The molecule has 0 radical (unpaired) electrons. The van der Waals surface area contributed by atoms with Crippen LogP contribution < -0.4 is 0 Å². The van der Waals surface area contributed by atoms with Crippen LogP contribution in [-0.4, -0.2) is 24.6 Å². The Bertz CT molecular complexity index is 338. The van der Waals surface area contributed by atoms with E-state index in [1.165, 1.54) is 19.3 Å². The molecule has 0 aromatic carbocycles. The zero-order valence-electron chi connectivity index (χ0n) is 14.4. The monoisotopic (exact) mass is 312 g/mol. The molecule has 0 aromatic heterocycles. The Kier molecular flexibility index (Phi) is 9.17. The maximum absolute atomic E-state index is 12.3. The molecule has 0 saturated heterocycles. The van der Waals surface area contributed by atoms with Gasteiger partial charge in [0, 0.05) is 0 Å². The van der Waals surface area contributed by atoms with E-state index >= 15 is 0 Å². The SMILES string of the molecule is CCCCCCCOC(=O)C1CCCCC1C(=O)OC(C)C. The van der Waals surface area contributed by atoms with Crippen molar-refractivity contribution in [3.63, 3.8) is 0 Å². The predicted molar refractivity (Wildman–Crippen MR) is 86.4 cm³/mol. The van der Waals surface area contributed by atoms with E-state index < -0.39 is 0 Å². The van der Waals surface area contributed by atoms with Crippen LogP contribution in [0.2, 0.25) is 0 Å². The molecule has 4 heteroatoms. The van der Waals surface area contributed by atoms with Crippen LogP contribution in [0.1, 0.15) is 78.6 Å². The van der Waals surface area contributed by atoms with E-state index in [2.05, 4.69) is 6.92 Å². The average molecular weight is 312 g/mol. The number of hydrogen-bond acceptors (Lipinski definition) is 4. The van der Waals surface area contributed by atoms with E-state index in [9.17, 15) is 9.59 Å². The summed E-state index contributed by atoms with van der Waals surface area (Å²) in [5.74, 6) is -1.07. The Morgan fingerprint density at radius 3 is 2.14 bits per heavy atom. The second kappa shape index (κ2) is 10.6. The van der Waals surface area contributed by atoms with Crippen LogP contribution in [0.3, 0.4) is 0 Å². The van der Waals surface area contributed by atoms with Crippen LogP contribution in [0.4, 0.5) is 0 Å². The third-order valence-electron chi connectivity index (χ3n) is 4.22. The van der Waals surface area contributed by atoms with Crippen molar-refractivity contribution < 1.29 is 19.1 Å². The highest BCUT2D eigenvalue weighted by molar-refractivity contribution is 5.82. The first-order valence-corrected chi connectivity index (χ1v) is 8.93. The van der Waals surface area contributed by atoms with E-state index in [0.29, 0.717) is 6.61 Å². The summed E-state index contributed by atoms with van der Waals surface area (Å²) in [4.78, 5) is 24.4. The zero-order valence-corrected chi connectivity index (χ0v) is 14.4. The quantitative estimate of drug-likeness (QED) is 0.471. The van der Waals surface area contributed by atoms with Gasteiger partial charge < -0.3 is 9.47 Å². The van der Waals surface area contributed by atoms with Crippen molar-refractivity contribution in [3.05, 3.63) is 0 Å². The summed E-state index contributed by atoms with van der Waals surface area (Å²) in [7, 11) is 0. The third-order valence-corrected chi connectivity index (χ3v) is 4.22. The van der Waals surface area contributed by atoms with Crippen LogP contribution in [-0.2, 0) is 19.1 Å². The van der Waals surface area contributed by atoms with Gasteiger partial charge in [0.1, 0.15) is 0 Å². The molecule has 0 N–H and O–H groups in total. The summed E-state index contributed by atoms with van der Waals surface area (Å²) in [6.07, 6.45) is 8.98. The molecule has 128 valence electrons. The fourth-order valence-corrected chi connectivity index (χ4v) is 3.00. The maximum Gasteiger partial charge on any atom is 0.310 e. The molecule has 0 aliphatic heterocycles. The summed E-state index contributed by atoms with van der Waals surface area (Å²) in [6.45, 7) is 6.33. The van der Waals surface area contributed by atoms with Gasteiger partial charge in [-0.2, -0.15) is 0 Å². The van der Waals surface area contributed by atoms with Crippen LogP contribution >= 0.6 is 0 Å². The first kappa shape index (κ1) is 19.0. The van der Waals surface area contributed by atoms with Gasteiger partial charge in [0.05, 0.1) is 24.5 Å². The Morgan fingerprint density at radius 2 is 1.55 bits per heavy atom. The number of esters is 2. The molecule has 0 heterocycles. The molecule has 0 aromatic rings.